The maximum Gasteiger partial charge on any atom is 0.245 e. The topological polar surface area (TPSA) is 204 Å². The van der Waals surface area contributed by atoms with Crippen LogP contribution >= 0.6 is 11.3 Å². The van der Waals surface area contributed by atoms with Crippen LogP contribution in [-0.4, -0.2) is 167 Å². The normalized spacial score (nSPS) is 17.5. The molecule has 5 amide bonds. The third-order valence-corrected chi connectivity index (χ3v) is 13.9. The summed E-state index contributed by atoms with van der Waals surface area (Å²) in [5.41, 5.74) is 6.49. The van der Waals surface area contributed by atoms with E-state index in [4.69, 9.17) is 29.4 Å². The highest BCUT2D eigenvalue weighted by atomic mass is 32.1. The van der Waals surface area contributed by atoms with Crippen LogP contribution in [0, 0.1) is 23.7 Å². The number of thiazole rings is 1. The van der Waals surface area contributed by atoms with E-state index in [-0.39, 0.29) is 72.9 Å². The predicted molar refractivity (Wildman–Crippen MR) is 264 cm³/mol. The molecule has 18 heteroatoms. The van der Waals surface area contributed by atoms with Gasteiger partial charge in [0.15, 0.2) is 0 Å². The van der Waals surface area contributed by atoms with Crippen molar-refractivity contribution >= 4 is 40.9 Å². The Morgan fingerprint density at radius 1 is 0.853 bits per heavy atom. The smallest absolute Gasteiger partial charge is 0.245 e. The molecule has 1 aliphatic heterocycles. The van der Waals surface area contributed by atoms with Crippen LogP contribution in [0.15, 0.2) is 41.9 Å². The molecular weight excluding hydrogens is 891 g/mol. The second-order valence-corrected chi connectivity index (χ2v) is 19.4. The van der Waals surface area contributed by atoms with Crippen molar-refractivity contribution in [2.45, 2.75) is 129 Å². The number of amides is 5. The van der Waals surface area contributed by atoms with E-state index < -0.39 is 42.2 Å². The standard InChI is InChI=1S/C50H83N7O10S/c1-12-35(6)45(56(9)50(62)43(33(2)3)54-48(61)44(34(4)5)55(8)41(58)20-24-65-26-28-67-29-27-66-25-21-51)40(63-10)32-42(59)57-23-16-19-39(57)46(64-11)36(7)47(60)53-38(49-52-22-30-68-49)31-37-17-14-13-15-18-37/h13-15,17-18,22,30,33-36,38-40,43-46H,12,16,19-21,23-29,31-32,51H2,1-11H3,(H,53,60)(H,54,61)/t35-,36+,38-,39-,40+,43-,44-,45-,46+/m0/s1. The van der Waals surface area contributed by atoms with E-state index in [9.17, 15) is 24.0 Å². The summed E-state index contributed by atoms with van der Waals surface area (Å²) in [6.45, 7) is 16.4. The van der Waals surface area contributed by atoms with Gasteiger partial charge >= 0.3 is 0 Å². The van der Waals surface area contributed by atoms with Gasteiger partial charge in [-0.05, 0) is 42.6 Å². The summed E-state index contributed by atoms with van der Waals surface area (Å²) in [5, 5.41) is 8.93. The van der Waals surface area contributed by atoms with Gasteiger partial charge in [-0.25, -0.2) is 4.98 Å². The van der Waals surface area contributed by atoms with Crippen molar-refractivity contribution in [2.24, 2.45) is 29.4 Å². The van der Waals surface area contributed by atoms with Gasteiger partial charge in [-0.3, -0.25) is 24.0 Å². The number of likely N-dealkylation sites (N-methyl/N-ethyl adjacent to an activating group) is 2. The molecule has 17 nitrogen and oxygen atoms in total. The van der Waals surface area contributed by atoms with Crippen LogP contribution in [0.2, 0.25) is 0 Å². The van der Waals surface area contributed by atoms with Gasteiger partial charge in [0.05, 0.1) is 88.7 Å². The van der Waals surface area contributed by atoms with Gasteiger partial charge in [0.2, 0.25) is 29.5 Å². The molecule has 3 rings (SSSR count). The lowest BCUT2D eigenvalue weighted by Gasteiger charge is -2.41. The van der Waals surface area contributed by atoms with E-state index in [0.29, 0.717) is 65.4 Å². The van der Waals surface area contributed by atoms with Crippen LogP contribution < -0.4 is 16.4 Å². The van der Waals surface area contributed by atoms with Crippen molar-refractivity contribution in [2.75, 3.05) is 81.0 Å². The second kappa shape index (κ2) is 30.5. The number of nitrogens with zero attached hydrogens (tertiary/aromatic N) is 4. The number of nitrogens with two attached hydrogens (primary N) is 1. The summed E-state index contributed by atoms with van der Waals surface area (Å²) in [6, 6.07) is 6.97. The number of methoxy groups -OCH3 is 2. The van der Waals surface area contributed by atoms with Gasteiger partial charge in [-0.15, -0.1) is 11.3 Å². The van der Waals surface area contributed by atoms with Crippen LogP contribution in [-0.2, 0) is 54.1 Å². The molecule has 4 N–H and O–H groups in total. The predicted octanol–water partition coefficient (Wildman–Crippen LogP) is 4.49. The number of carbonyl (C=O) groups is 5. The molecule has 1 saturated heterocycles. The number of likely N-dealkylation sites (tertiary alicyclic amines) is 1. The lowest BCUT2D eigenvalue weighted by molar-refractivity contribution is -0.148. The fourth-order valence-electron chi connectivity index (χ4n) is 9.08. The van der Waals surface area contributed by atoms with E-state index in [1.165, 1.54) is 16.2 Å². The highest BCUT2D eigenvalue weighted by Crippen LogP contribution is 2.31. The number of hydrogen-bond donors (Lipinski definition) is 3. The summed E-state index contributed by atoms with van der Waals surface area (Å²) in [4.78, 5) is 79.8. The zero-order chi connectivity index (χ0) is 50.3. The third kappa shape index (κ3) is 17.4. The summed E-state index contributed by atoms with van der Waals surface area (Å²) < 4.78 is 28.5. The first-order chi connectivity index (χ1) is 32.5. The summed E-state index contributed by atoms with van der Waals surface area (Å²) >= 11 is 1.49. The molecule has 0 unspecified atom stereocenters. The van der Waals surface area contributed by atoms with Crippen molar-refractivity contribution in [1.29, 1.82) is 0 Å². The lowest BCUT2D eigenvalue weighted by atomic mass is 9.89. The highest BCUT2D eigenvalue weighted by Gasteiger charge is 2.43. The Morgan fingerprint density at radius 2 is 1.50 bits per heavy atom. The first-order valence-corrected chi connectivity index (χ1v) is 25.2. The third-order valence-electron chi connectivity index (χ3n) is 13.0. The van der Waals surface area contributed by atoms with E-state index >= 15 is 0 Å². The van der Waals surface area contributed by atoms with Crippen LogP contribution in [0.25, 0.3) is 0 Å². The van der Waals surface area contributed by atoms with E-state index in [2.05, 4.69) is 15.6 Å². The van der Waals surface area contributed by atoms with Gasteiger partial charge in [0, 0.05) is 53.0 Å². The van der Waals surface area contributed by atoms with Crippen LogP contribution in [0.5, 0.6) is 0 Å². The van der Waals surface area contributed by atoms with Gasteiger partial charge in [0.25, 0.3) is 0 Å². The maximum absolute atomic E-state index is 14.6. The zero-order valence-corrected chi connectivity index (χ0v) is 43.5. The fourth-order valence-corrected chi connectivity index (χ4v) is 9.77. The first kappa shape index (κ1) is 58.3. The number of ether oxygens (including phenoxy) is 5. The Labute approximate surface area is 409 Å². The minimum absolute atomic E-state index is 0.0121. The summed E-state index contributed by atoms with van der Waals surface area (Å²) in [5.74, 6) is -2.63. The SMILES string of the molecule is CC[C@H](C)[C@@H]([C@@H](CC(=O)N1CCC[C@H]1[C@H](OC)[C@@H](C)C(=O)N[C@@H](Cc1ccccc1)c1nccs1)OC)N(C)C(=O)[C@@H](NC(=O)[C@H](C(C)C)N(C)C(=O)CCOCCOCCOCCN)C(C)C. The van der Waals surface area contributed by atoms with Crippen LogP contribution in [0.3, 0.4) is 0 Å². The van der Waals surface area contributed by atoms with Gasteiger partial charge in [-0.2, -0.15) is 0 Å². The molecule has 9 atom stereocenters. The molecule has 384 valence electrons. The van der Waals surface area contributed by atoms with Gasteiger partial charge < -0.3 is 54.8 Å². The zero-order valence-electron chi connectivity index (χ0n) is 42.6. The molecule has 1 aromatic carbocycles. The number of nitrogens with one attached hydrogen (secondary N) is 2. The molecule has 0 bridgehead atoms. The van der Waals surface area contributed by atoms with Crippen molar-refractivity contribution in [3.05, 3.63) is 52.5 Å². The Morgan fingerprint density at radius 3 is 2.06 bits per heavy atom. The molecule has 2 heterocycles. The van der Waals surface area contributed by atoms with Crippen LogP contribution in [0.1, 0.15) is 97.2 Å². The first-order valence-electron chi connectivity index (χ1n) is 24.4. The van der Waals surface area contributed by atoms with Crippen molar-refractivity contribution in [1.82, 2.24) is 30.3 Å². The summed E-state index contributed by atoms with van der Waals surface area (Å²) in [6.07, 6.45) is 3.20. The Hall–Kier alpha value is -4.04. The molecular formula is C50H83N7O10S. The van der Waals surface area contributed by atoms with Crippen molar-refractivity contribution in [3.8, 4) is 0 Å². The molecule has 2 aromatic rings. The van der Waals surface area contributed by atoms with E-state index in [1.54, 1.807) is 39.4 Å². The molecule has 1 fully saturated rings. The molecule has 1 aromatic heterocycles. The van der Waals surface area contributed by atoms with Crippen molar-refractivity contribution in [3.63, 3.8) is 0 Å². The molecule has 0 radical (unpaired) electrons. The Balaban J connectivity index is 1.70. The number of rotatable bonds is 32. The monoisotopic (exact) mass is 974 g/mol. The largest absolute Gasteiger partial charge is 0.379 e. The van der Waals surface area contributed by atoms with Gasteiger partial charge in [0.1, 0.15) is 17.1 Å². The number of hydrogen-bond acceptors (Lipinski definition) is 13. The average Bonchev–Trinajstić information content (AvgIpc) is 4.05. The Bertz CT molecular complexity index is 1790. The lowest BCUT2D eigenvalue weighted by Crippen LogP contribution is -2.60. The number of benzene rings is 1. The minimum atomic E-state index is -0.929. The van der Waals surface area contributed by atoms with E-state index in [0.717, 1.165) is 17.0 Å². The molecule has 0 aliphatic carbocycles. The summed E-state index contributed by atoms with van der Waals surface area (Å²) in [7, 11) is 6.42. The van der Waals surface area contributed by atoms with Crippen molar-refractivity contribution < 1.29 is 47.7 Å². The molecule has 68 heavy (non-hydrogen) atoms. The quantitative estimate of drug-likeness (QED) is 0.0869. The number of aromatic nitrogens is 1. The highest BCUT2D eigenvalue weighted by molar-refractivity contribution is 7.09. The minimum Gasteiger partial charge on any atom is -0.379 e. The molecule has 0 spiro atoms. The maximum atomic E-state index is 14.6. The number of carbonyl (C=O) groups excluding carboxylic acids is 5. The van der Waals surface area contributed by atoms with Gasteiger partial charge in [-0.1, -0.05) is 85.2 Å². The van der Waals surface area contributed by atoms with Crippen LogP contribution in [0.4, 0.5) is 0 Å². The average molecular weight is 974 g/mol. The Kier molecular flexibility index (Phi) is 26.2. The molecule has 1 aliphatic rings. The second-order valence-electron chi connectivity index (χ2n) is 18.5. The fraction of sp³-hybridized carbons (Fsp3) is 0.720. The molecule has 0 saturated carbocycles. The van der Waals surface area contributed by atoms with E-state index in [1.807, 2.05) is 89.1 Å².